The van der Waals surface area contributed by atoms with Gasteiger partial charge in [-0.2, -0.15) is 5.10 Å². The van der Waals surface area contributed by atoms with Crippen LogP contribution < -0.4 is 0 Å². The van der Waals surface area contributed by atoms with Crippen molar-refractivity contribution in [2.24, 2.45) is 0 Å². The van der Waals surface area contributed by atoms with Crippen molar-refractivity contribution in [3.8, 4) is 0 Å². The number of fused-ring (bicyclic) bond motifs is 1. The van der Waals surface area contributed by atoms with E-state index >= 15 is 0 Å². The van der Waals surface area contributed by atoms with E-state index in [-0.39, 0.29) is 0 Å². The summed E-state index contributed by atoms with van der Waals surface area (Å²) in [6.45, 7) is 16.5. The van der Waals surface area contributed by atoms with Crippen LogP contribution in [0.4, 0.5) is 0 Å². The molecule has 1 aromatic heterocycles. The maximum atomic E-state index is 4.87. The summed E-state index contributed by atoms with van der Waals surface area (Å²) >= 11 is 0. The van der Waals surface area contributed by atoms with Crippen LogP contribution in [0.3, 0.4) is 0 Å². The zero-order chi connectivity index (χ0) is 15.1. The molecule has 110 valence electrons. The van der Waals surface area contributed by atoms with Crippen LogP contribution in [-0.2, 0) is 0 Å². The lowest BCUT2D eigenvalue weighted by molar-refractivity contribution is 0.736. The smallest absolute Gasteiger partial charge is 0.193 e. The summed E-state index contributed by atoms with van der Waals surface area (Å²) in [6, 6.07) is 6.58. The molecule has 20 heavy (non-hydrogen) atoms. The summed E-state index contributed by atoms with van der Waals surface area (Å²) in [6.07, 6.45) is 2.07. The average molecular weight is 289 g/mol. The Kier molecular flexibility index (Phi) is 4.10. The zero-order valence-corrected chi connectivity index (χ0v) is 14.9. The summed E-state index contributed by atoms with van der Waals surface area (Å²) < 4.78 is 2.44. The van der Waals surface area contributed by atoms with E-state index in [1.807, 2.05) is 0 Å². The molecule has 2 nitrogen and oxygen atoms in total. The monoisotopic (exact) mass is 288 g/mol. The van der Waals surface area contributed by atoms with E-state index in [4.69, 9.17) is 5.10 Å². The van der Waals surface area contributed by atoms with E-state index in [1.54, 1.807) is 0 Å². The summed E-state index contributed by atoms with van der Waals surface area (Å²) in [5, 5.41) is 6.18. The Labute approximate surface area is 124 Å². The molecule has 0 saturated heterocycles. The SMILES string of the molecule is Cc1cccc2c1cnn2[Si](C(C)C)(C(C)C)C(C)C. The van der Waals surface area contributed by atoms with Crippen molar-refractivity contribution in [2.75, 3.05) is 0 Å². The number of hydrogen-bond acceptors (Lipinski definition) is 1. The van der Waals surface area contributed by atoms with Gasteiger partial charge in [-0.3, -0.25) is 4.35 Å². The Morgan fingerprint density at radius 3 is 2.00 bits per heavy atom. The fraction of sp³-hybridized carbons (Fsp3) is 0.588. The summed E-state index contributed by atoms with van der Waals surface area (Å²) in [7, 11) is -1.73. The summed E-state index contributed by atoms with van der Waals surface area (Å²) in [5.74, 6) is 0. The van der Waals surface area contributed by atoms with Gasteiger partial charge in [0.2, 0.25) is 0 Å². The molecule has 1 heterocycles. The van der Waals surface area contributed by atoms with Gasteiger partial charge in [0.15, 0.2) is 8.24 Å². The molecule has 0 amide bonds. The maximum Gasteiger partial charge on any atom is 0.193 e. The molecule has 0 radical (unpaired) electrons. The van der Waals surface area contributed by atoms with Crippen LogP contribution in [0.5, 0.6) is 0 Å². The topological polar surface area (TPSA) is 17.8 Å². The Morgan fingerprint density at radius 1 is 0.950 bits per heavy atom. The van der Waals surface area contributed by atoms with Gasteiger partial charge in [0.25, 0.3) is 0 Å². The van der Waals surface area contributed by atoms with Gasteiger partial charge in [-0.1, -0.05) is 53.7 Å². The molecule has 0 fully saturated rings. The van der Waals surface area contributed by atoms with Gasteiger partial charge >= 0.3 is 0 Å². The predicted molar refractivity (Wildman–Crippen MR) is 90.9 cm³/mol. The molecule has 0 spiro atoms. The third kappa shape index (κ3) is 2.03. The van der Waals surface area contributed by atoms with Crippen LogP contribution in [0.15, 0.2) is 24.4 Å². The lowest BCUT2D eigenvalue weighted by atomic mass is 10.2. The molecule has 3 heteroatoms. The van der Waals surface area contributed by atoms with Gasteiger partial charge in [-0.05, 0) is 35.2 Å². The van der Waals surface area contributed by atoms with Gasteiger partial charge in [0.05, 0.1) is 11.7 Å². The van der Waals surface area contributed by atoms with Gasteiger partial charge in [0, 0.05) is 5.39 Å². The quantitative estimate of drug-likeness (QED) is 0.692. The van der Waals surface area contributed by atoms with Crippen LogP contribution in [0.25, 0.3) is 10.9 Å². The molecule has 1 aromatic carbocycles. The predicted octanol–water partition coefficient (Wildman–Crippen LogP) is 5.37. The van der Waals surface area contributed by atoms with Crippen molar-refractivity contribution in [3.63, 3.8) is 0 Å². The Balaban J connectivity index is 2.79. The molecule has 0 N–H and O–H groups in total. The molecule has 0 aliphatic rings. The first kappa shape index (κ1) is 15.3. The first-order chi connectivity index (χ1) is 9.33. The minimum Gasteiger partial charge on any atom is -0.293 e. The molecule has 0 aliphatic heterocycles. The van der Waals surface area contributed by atoms with Gasteiger partial charge in [-0.25, -0.2) is 0 Å². The number of rotatable bonds is 4. The fourth-order valence-corrected chi connectivity index (χ4v) is 10.6. The highest BCUT2D eigenvalue weighted by Crippen LogP contribution is 2.43. The average Bonchev–Trinajstić information content (AvgIpc) is 2.74. The van der Waals surface area contributed by atoms with E-state index in [2.05, 4.69) is 77.2 Å². The van der Waals surface area contributed by atoms with Crippen LogP contribution in [0.2, 0.25) is 16.6 Å². The van der Waals surface area contributed by atoms with Crippen molar-refractivity contribution < 1.29 is 0 Å². The highest BCUT2D eigenvalue weighted by molar-refractivity contribution is 6.82. The molecule has 0 aliphatic carbocycles. The van der Waals surface area contributed by atoms with Crippen molar-refractivity contribution in [3.05, 3.63) is 30.0 Å². The van der Waals surface area contributed by atoms with Gasteiger partial charge in [-0.15, -0.1) is 0 Å². The largest absolute Gasteiger partial charge is 0.293 e. The van der Waals surface area contributed by atoms with Crippen molar-refractivity contribution in [1.82, 2.24) is 9.45 Å². The Hall–Kier alpha value is -1.09. The van der Waals surface area contributed by atoms with Gasteiger partial charge in [0.1, 0.15) is 0 Å². The second-order valence-electron chi connectivity index (χ2n) is 6.92. The zero-order valence-electron chi connectivity index (χ0n) is 13.9. The maximum absolute atomic E-state index is 4.87. The number of aromatic nitrogens is 2. The minimum absolute atomic E-state index is 0.672. The minimum atomic E-state index is -1.73. The second kappa shape index (κ2) is 5.36. The first-order valence-corrected chi connectivity index (χ1v) is 9.95. The van der Waals surface area contributed by atoms with Crippen molar-refractivity contribution >= 4 is 19.1 Å². The molecule has 0 bridgehead atoms. The summed E-state index contributed by atoms with van der Waals surface area (Å²) in [5.41, 5.74) is 4.67. The highest BCUT2D eigenvalue weighted by Gasteiger charge is 2.47. The van der Waals surface area contributed by atoms with E-state index < -0.39 is 8.24 Å². The molecular weight excluding hydrogens is 260 g/mol. The highest BCUT2D eigenvalue weighted by atomic mass is 28.3. The molecule has 2 aromatic rings. The van der Waals surface area contributed by atoms with Crippen LogP contribution >= 0.6 is 0 Å². The van der Waals surface area contributed by atoms with Gasteiger partial charge < -0.3 is 0 Å². The molecule has 0 saturated carbocycles. The lowest BCUT2D eigenvalue weighted by Crippen LogP contribution is -2.52. The lowest BCUT2D eigenvalue weighted by Gasteiger charge is -2.43. The standard InChI is InChI=1S/C17H28N2Si/c1-12(2)20(13(3)4,14(5)6)19-17-10-8-9-15(7)16(17)11-18-19/h8-14H,1-7H3. The fourth-order valence-electron chi connectivity index (χ4n) is 4.24. The number of hydrogen-bond donors (Lipinski definition) is 0. The number of nitrogens with zero attached hydrogens (tertiary/aromatic N) is 2. The van der Waals surface area contributed by atoms with Crippen LogP contribution in [-0.4, -0.2) is 17.7 Å². The van der Waals surface area contributed by atoms with E-state index in [1.165, 1.54) is 16.5 Å². The molecule has 2 rings (SSSR count). The first-order valence-electron chi connectivity index (χ1n) is 7.77. The van der Waals surface area contributed by atoms with E-state index in [9.17, 15) is 0 Å². The summed E-state index contributed by atoms with van der Waals surface area (Å²) in [4.78, 5) is 0. The van der Waals surface area contributed by atoms with Crippen LogP contribution in [0.1, 0.15) is 47.1 Å². The number of benzene rings is 1. The normalized spacial score (nSPS) is 13.1. The molecule has 0 unspecified atom stereocenters. The molecule has 0 atom stereocenters. The van der Waals surface area contributed by atoms with E-state index in [0.29, 0.717) is 16.6 Å². The number of aryl methyl sites for hydroxylation is 1. The van der Waals surface area contributed by atoms with Crippen molar-refractivity contribution in [1.29, 1.82) is 0 Å². The molecular formula is C17H28N2Si. The third-order valence-corrected chi connectivity index (χ3v) is 11.6. The third-order valence-electron chi connectivity index (χ3n) is 4.97. The second-order valence-corrected chi connectivity index (χ2v) is 12.6. The Morgan fingerprint density at radius 2 is 1.50 bits per heavy atom. The Bertz CT molecular complexity index is 574. The van der Waals surface area contributed by atoms with Crippen LogP contribution in [0, 0.1) is 6.92 Å². The van der Waals surface area contributed by atoms with Crippen molar-refractivity contribution in [2.45, 2.75) is 65.1 Å². The van der Waals surface area contributed by atoms with E-state index in [0.717, 1.165) is 0 Å².